The molecule has 1 rings (SSSR count). The van der Waals surface area contributed by atoms with Crippen LogP contribution in [0, 0.1) is 0 Å². The summed E-state index contributed by atoms with van der Waals surface area (Å²) < 4.78 is 37.5. The van der Waals surface area contributed by atoms with E-state index in [-0.39, 0.29) is 0 Å². The fraction of sp³-hybridized carbons (Fsp3) is 1.00. The van der Waals surface area contributed by atoms with Gasteiger partial charge in [-0.1, -0.05) is 0 Å². The minimum Gasteiger partial charge on any atom is -0.382 e. The monoisotopic (exact) mass is 367 g/mol. The highest BCUT2D eigenvalue weighted by molar-refractivity contribution is 4.43. The Bertz CT molecular complexity index is 257. The van der Waals surface area contributed by atoms with Crippen molar-refractivity contribution in [3.63, 3.8) is 0 Å². The van der Waals surface area contributed by atoms with Crippen LogP contribution in [0.4, 0.5) is 0 Å². The molecule has 0 unspecified atom stereocenters. The zero-order valence-electron chi connectivity index (χ0n) is 15.3. The van der Waals surface area contributed by atoms with Crippen LogP contribution in [0.2, 0.25) is 0 Å². The predicted octanol–water partition coefficient (Wildman–Crippen LogP) is -0.0629. The molecule has 1 aliphatic heterocycles. The van der Waals surface area contributed by atoms with E-state index in [1.165, 1.54) is 0 Å². The summed E-state index contributed by atoms with van der Waals surface area (Å²) in [5, 5.41) is 1.73. The van der Waals surface area contributed by atoms with Crippen LogP contribution in [-0.4, -0.2) is 111 Å². The van der Waals surface area contributed by atoms with Crippen molar-refractivity contribution in [2.45, 2.75) is 0 Å². The number of hydrogen-bond donors (Lipinski definition) is 0. The Morgan fingerprint density at radius 1 is 0.640 bits per heavy atom. The fourth-order valence-corrected chi connectivity index (χ4v) is 1.85. The number of nitrogens with zero attached hydrogens (tertiary/aromatic N) is 1. The maximum Gasteiger partial charge on any atom is 0.122 e. The largest absolute Gasteiger partial charge is 0.382 e. The number of ether oxygens (including phenoxy) is 7. The van der Waals surface area contributed by atoms with Gasteiger partial charge in [0.1, 0.15) is 6.73 Å². The average Bonchev–Trinajstić information content (AvgIpc) is 2.63. The van der Waals surface area contributed by atoms with Gasteiger partial charge in [-0.05, 0) is 0 Å². The van der Waals surface area contributed by atoms with E-state index in [0.29, 0.717) is 99.2 Å². The third kappa shape index (κ3) is 15.6. The predicted molar refractivity (Wildman–Crippen MR) is 89.4 cm³/mol. The summed E-state index contributed by atoms with van der Waals surface area (Å²) in [5.74, 6) is 0. The van der Waals surface area contributed by atoms with Gasteiger partial charge < -0.3 is 33.2 Å². The Kier molecular flexibility index (Phi) is 16.7. The zero-order valence-corrected chi connectivity index (χ0v) is 15.3. The molecule has 1 heterocycles. The summed E-state index contributed by atoms with van der Waals surface area (Å²) in [6.07, 6.45) is 0. The van der Waals surface area contributed by atoms with Gasteiger partial charge in [0, 0.05) is 7.11 Å². The molecule has 0 spiro atoms. The van der Waals surface area contributed by atoms with Crippen LogP contribution in [0.3, 0.4) is 0 Å². The standard InChI is InChI=1S/C16H33NO8/c1-18-4-5-20-7-6-19-3-2-17-16-24-13-12-22-9-8-21-10-11-23-14-15-25-17/h2-16H2,1H3. The van der Waals surface area contributed by atoms with Crippen LogP contribution in [0.1, 0.15) is 0 Å². The molecular weight excluding hydrogens is 334 g/mol. The summed E-state index contributed by atoms with van der Waals surface area (Å²) >= 11 is 0. The smallest absolute Gasteiger partial charge is 0.122 e. The Labute approximate surface area is 150 Å². The van der Waals surface area contributed by atoms with E-state index in [9.17, 15) is 0 Å². The fourth-order valence-electron chi connectivity index (χ4n) is 1.85. The van der Waals surface area contributed by atoms with E-state index >= 15 is 0 Å². The molecule has 0 atom stereocenters. The van der Waals surface area contributed by atoms with Crippen molar-refractivity contribution in [2.75, 3.05) is 106 Å². The van der Waals surface area contributed by atoms with Gasteiger partial charge in [0.05, 0.1) is 92.4 Å². The number of hydrogen-bond acceptors (Lipinski definition) is 9. The molecule has 1 saturated heterocycles. The van der Waals surface area contributed by atoms with Gasteiger partial charge in [-0.15, -0.1) is 0 Å². The molecule has 1 fully saturated rings. The minimum atomic E-state index is 0.355. The summed E-state index contributed by atoms with van der Waals surface area (Å²) in [6.45, 7) is 7.98. The summed E-state index contributed by atoms with van der Waals surface area (Å²) in [4.78, 5) is 5.65. The first-order chi connectivity index (χ1) is 12.4. The van der Waals surface area contributed by atoms with E-state index in [4.69, 9.17) is 38.0 Å². The molecule has 9 nitrogen and oxygen atoms in total. The van der Waals surface area contributed by atoms with Crippen LogP contribution in [0.15, 0.2) is 0 Å². The van der Waals surface area contributed by atoms with Crippen LogP contribution in [0.25, 0.3) is 0 Å². The van der Waals surface area contributed by atoms with E-state index in [2.05, 4.69) is 0 Å². The van der Waals surface area contributed by atoms with Crippen molar-refractivity contribution in [3.05, 3.63) is 0 Å². The van der Waals surface area contributed by atoms with Gasteiger partial charge in [-0.3, -0.25) is 4.84 Å². The summed E-state index contributed by atoms with van der Waals surface area (Å²) in [7, 11) is 1.65. The molecule has 0 amide bonds. The number of hydroxylamine groups is 2. The molecule has 0 bridgehead atoms. The lowest BCUT2D eigenvalue weighted by atomic mass is 10.6. The van der Waals surface area contributed by atoms with Crippen molar-refractivity contribution in [1.29, 1.82) is 0 Å². The maximum absolute atomic E-state index is 5.65. The van der Waals surface area contributed by atoms with E-state index in [1.807, 2.05) is 0 Å². The molecule has 0 aromatic rings. The van der Waals surface area contributed by atoms with Crippen LogP contribution >= 0.6 is 0 Å². The van der Waals surface area contributed by atoms with Gasteiger partial charge in [0.2, 0.25) is 0 Å². The van der Waals surface area contributed by atoms with Crippen molar-refractivity contribution >= 4 is 0 Å². The normalized spacial score (nSPS) is 20.0. The number of methoxy groups -OCH3 is 1. The Morgan fingerprint density at radius 3 is 1.80 bits per heavy atom. The molecule has 0 saturated carbocycles. The van der Waals surface area contributed by atoms with Crippen molar-refractivity contribution in [3.8, 4) is 0 Å². The van der Waals surface area contributed by atoms with Crippen LogP contribution in [-0.2, 0) is 38.0 Å². The minimum absolute atomic E-state index is 0.355. The quantitative estimate of drug-likeness (QED) is 0.521. The zero-order chi connectivity index (χ0) is 17.8. The molecule has 0 N–H and O–H groups in total. The van der Waals surface area contributed by atoms with Crippen molar-refractivity contribution in [2.24, 2.45) is 0 Å². The first-order valence-corrected chi connectivity index (χ1v) is 8.76. The molecule has 150 valence electrons. The Morgan fingerprint density at radius 2 is 1.16 bits per heavy atom. The molecule has 1 aliphatic rings. The van der Waals surface area contributed by atoms with E-state index < -0.39 is 0 Å². The molecule has 0 aromatic carbocycles. The highest BCUT2D eigenvalue weighted by atomic mass is 16.7. The molecule has 9 heteroatoms. The van der Waals surface area contributed by atoms with E-state index in [1.54, 1.807) is 12.2 Å². The average molecular weight is 367 g/mol. The summed E-state index contributed by atoms with van der Waals surface area (Å²) in [5.41, 5.74) is 0. The third-order valence-corrected chi connectivity index (χ3v) is 3.14. The molecular formula is C16H33NO8. The SMILES string of the molecule is COCCOCCOCCN1COCCOCCOCCOCCO1. The second-order valence-corrected chi connectivity index (χ2v) is 5.13. The second kappa shape index (κ2) is 18.4. The molecule has 0 aliphatic carbocycles. The maximum atomic E-state index is 5.65. The molecule has 25 heavy (non-hydrogen) atoms. The molecule has 0 radical (unpaired) electrons. The lowest BCUT2D eigenvalue weighted by Gasteiger charge is -2.21. The van der Waals surface area contributed by atoms with E-state index in [0.717, 1.165) is 0 Å². The third-order valence-electron chi connectivity index (χ3n) is 3.14. The summed E-state index contributed by atoms with van der Waals surface area (Å²) in [6, 6.07) is 0. The Hall–Kier alpha value is -0.360. The van der Waals surface area contributed by atoms with Crippen LogP contribution in [0.5, 0.6) is 0 Å². The van der Waals surface area contributed by atoms with Crippen LogP contribution < -0.4 is 0 Å². The first kappa shape index (κ1) is 22.7. The van der Waals surface area contributed by atoms with Crippen molar-refractivity contribution in [1.82, 2.24) is 5.06 Å². The number of rotatable bonds is 9. The van der Waals surface area contributed by atoms with Gasteiger partial charge in [-0.2, -0.15) is 5.06 Å². The van der Waals surface area contributed by atoms with Gasteiger partial charge in [0.25, 0.3) is 0 Å². The highest BCUT2D eigenvalue weighted by Gasteiger charge is 2.06. The lowest BCUT2D eigenvalue weighted by molar-refractivity contribution is -0.221. The van der Waals surface area contributed by atoms with Gasteiger partial charge >= 0.3 is 0 Å². The van der Waals surface area contributed by atoms with Gasteiger partial charge in [0.15, 0.2) is 0 Å². The lowest BCUT2D eigenvalue weighted by Crippen LogP contribution is -2.32. The van der Waals surface area contributed by atoms with Gasteiger partial charge in [-0.25, -0.2) is 0 Å². The highest BCUT2D eigenvalue weighted by Crippen LogP contribution is 1.95. The second-order valence-electron chi connectivity index (χ2n) is 5.13. The first-order valence-electron chi connectivity index (χ1n) is 8.76. The topological polar surface area (TPSA) is 77.1 Å². The molecule has 0 aromatic heterocycles. The van der Waals surface area contributed by atoms with Crippen molar-refractivity contribution < 1.29 is 38.0 Å². The Balaban J connectivity index is 2.10.